The van der Waals surface area contributed by atoms with E-state index in [0.717, 1.165) is 42.9 Å². The Morgan fingerprint density at radius 2 is 1.91 bits per heavy atom. The summed E-state index contributed by atoms with van der Waals surface area (Å²) >= 11 is 10.2. The van der Waals surface area contributed by atoms with Gasteiger partial charge in [-0.05, 0) is 23.8 Å². The molecule has 3 rings (SSSR count). The molecule has 122 valence electrons. The van der Waals surface area contributed by atoms with Gasteiger partial charge in [-0.15, -0.1) is 0 Å². The second-order valence-corrected chi connectivity index (χ2v) is 7.93. The molecular weight excluding hydrogens is 396 g/mol. The molecule has 0 radical (unpaired) electrons. The third kappa shape index (κ3) is 4.42. The molecule has 2 heterocycles. The number of thioether (sulfide) groups is 1. The average molecular weight is 413 g/mol. The fourth-order valence-corrected chi connectivity index (χ4v) is 4.04. The second kappa shape index (κ2) is 7.90. The van der Waals surface area contributed by atoms with Crippen molar-refractivity contribution >= 4 is 56.2 Å². The lowest BCUT2D eigenvalue weighted by molar-refractivity contribution is -0.122. The van der Waals surface area contributed by atoms with Crippen LogP contribution in [-0.2, 0) is 9.53 Å². The van der Waals surface area contributed by atoms with Crippen molar-refractivity contribution in [2.24, 2.45) is 0 Å². The lowest BCUT2D eigenvalue weighted by Crippen LogP contribution is -2.42. The number of halogens is 1. The minimum atomic E-state index is 0.0104. The monoisotopic (exact) mass is 412 g/mol. The smallest absolute Gasteiger partial charge is 0.266 e. The van der Waals surface area contributed by atoms with E-state index in [9.17, 15) is 4.79 Å². The summed E-state index contributed by atoms with van der Waals surface area (Å²) in [7, 11) is 0. The Kier molecular flexibility index (Phi) is 5.87. The van der Waals surface area contributed by atoms with E-state index in [0.29, 0.717) is 15.8 Å². The first kappa shape index (κ1) is 17.1. The van der Waals surface area contributed by atoms with Crippen LogP contribution in [0, 0.1) is 0 Å². The quantitative estimate of drug-likeness (QED) is 0.560. The van der Waals surface area contributed by atoms with Gasteiger partial charge in [0, 0.05) is 30.7 Å². The number of morpholine rings is 1. The number of thiocarbonyl (C=S) groups is 1. The summed E-state index contributed by atoms with van der Waals surface area (Å²) in [5.41, 5.74) is 1.00. The van der Waals surface area contributed by atoms with Crippen molar-refractivity contribution in [3.8, 4) is 0 Å². The van der Waals surface area contributed by atoms with E-state index in [1.54, 1.807) is 4.90 Å². The van der Waals surface area contributed by atoms with E-state index in [2.05, 4.69) is 20.8 Å². The van der Waals surface area contributed by atoms with Gasteiger partial charge < -0.3 is 4.74 Å². The first-order valence-electron chi connectivity index (χ1n) is 7.44. The van der Waals surface area contributed by atoms with Crippen molar-refractivity contribution in [1.29, 1.82) is 0 Å². The Morgan fingerprint density at radius 3 is 2.61 bits per heavy atom. The van der Waals surface area contributed by atoms with Crippen molar-refractivity contribution in [2.45, 2.75) is 0 Å². The number of hydrogen-bond donors (Lipinski definition) is 0. The molecule has 0 aromatic heterocycles. The van der Waals surface area contributed by atoms with Crippen LogP contribution in [-0.4, -0.2) is 59.4 Å². The Morgan fingerprint density at radius 1 is 1.22 bits per heavy atom. The highest BCUT2D eigenvalue weighted by atomic mass is 79.9. The standard InChI is InChI=1S/C16H17BrN2O2S2/c17-13-3-1-12(2-4-13)11-14-15(20)19(16(22)23-14)6-5-18-7-9-21-10-8-18/h1-4,11H,5-10H2/b14-11+. The largest absolute Gasteiger partial charge is 0.379 e. The zero-order valence-corrected chi connectivity index (χ0v) is 15.8. The van der Waals surface area contributed by atoms with Crippen LogP contribution in [0.15, 0.2) is 33.6 Å². The molecule has 0 atom stereocenters. The molecule has 0 bridgehead atoms. The normalized spacial score (nSPS) is 21.4. The maximum Gasteiger partial charge on any atom is 0.266 e. The predicted octanol–water partition coefficient (Wildman–Crippen LogP) is 2.98. The first-order chi connectivity index (χ1) is 11.1. The van der Waals surface area contributed by atoms with E-state index < -0.39 is 0 Å². The molecule has 2 aliphatic heterocycles. The molecule has 7 heteroatoms. The molecule has 4 nitrogen and oxygen atoms in total. The molecular formula is C16H17BrN2O2S2. The van der Waals surface area contributed by atoms with Gasteiger partial charge in [0.15, 0.2) is 0 Å². The van der Waals surface area contributed by atoms with Crippen LogP contribution in [0.2, 0.25) is 0 Å². The van der Waals surface area contributed by atoms with Crippen LogP contribution in [0.4, 0.5) is 0 Å². The number of hydrogen-bond acceptors (Lipinski definition) is 5. The second-order valence-electron chi connectivity index (χ2n) is 5.34. The summed E-state index contributed by atoms with van der Waals surface area (Å²) in [5.74, 6) is 0.0104. The SMILES string of the molecule is O=C1/C(=C\c2ccc(Br)cc2)SC(=S)N1CCN1CCOCC1. The predicted molar refractivity (Wildman–Crippen MR) is 101 cm³/mol. The molecule has 0 N–H and O–H groups in total. The summed E-state index contributed by atoms with van der Waals surface area (Å²) in [6.07, 6.45) is 1.90. The Labute approximate surface area is 154 Å². The van der Waals surface area contributed by atoms with Gasteiger partial charge in [-0.25, -0.2) is 0 Å². The van der Waals surface area contributed by atoms with Crippen LogP contribution < -0.4 is 0 Å². The molecule has 0 spiro atoms. The number of ether oxygens (including phenoxy) is 1. The number of amides is 1. The summed E-state index contributed by atoms with van der Waals surface area (Å²) in [4.78, 5) is 17.3. The minimum Gasteiger partial charge on any atom is -0.379 e. The lowest BCUT2D eigenvalue weighted by atomic mass is 10.2. The van der Waals surface area contributed by atoms with Gasteiger partial charge in [-0.1, -0.05) is 52.0 Å². The highest BCUT2D eigenvalue weighted by Gasteiger charge is 2.32. The molecule has 23 heavy (non-hydrogen) atoms. The third-order valence-electron chi connectivity index (χ3n) is 3.78. The first-order valence-corrected chi connectivity index (χ1v) is 9.46. The summed E-state index contributed by atoms with van der Waals surface area (Å²) < 4.78 is 7.01. The number of nitrogens with zero attached hydrogens (tertiary/aromatic N) is 2. The fraction of sp³-hybridized carbons (Fsp3) is 0.375. The van der Waals surface area contributed by atoms with E-state index in [1.165, 1.54) is 11.8 Å². The average Bonchev–Trinajstić information content (AvgIpc) is 2.82. The maximum atomic E-state index is 12.6. The van der Waals surface area contributed by atoms with Crippen molar-refractivity contribution < 1.29 is 9.53 Å². The summed E-state index contributed by atoms with van der Waals surface area (Å²) in [6.45, 7) is 4.85. The van der Waals surface area contributed by atoms with Crippen LogP contribution >= 0.6 is 39.9 Å². The molecule has 0 aliphatic carbocycles. The third-order valence-corrected chi connectivity index (χ3v) is 5.69. The van der Waals surface area contributed by atoms with Gasteiger partial charge >= 0.3 is 0 Å². The van der Waals surface area contributed by atoms with Crippen molar-refractivity contribution in [3.63, 3.8) is 0 Å². The van der Waals surface area contributed by atoms with Gasteiger partial charge in [0.1, 0.15) is 4.32 Å². The van der Waals surface area contributed by atoms with E-state index >= 15 is 0 Å². The van der Waals surface area contributed by atoms with Crippen molar-refractivity contribution in [1.82, 2.24) is 9.80 Å². The Bertz CT molecular complexity index is 627. The molecule has 0 unspecified atom stereocenters. The molecule has 1 aromatic rings. The number of benzene rings is 1. The summed E-state index contributed by atoms with van der Waals surface area (Å²) in [5, 5.41) is 0. The zero-order valence-electron chi connectivity index (χ0n) is 12.5. The number of carbonyl (C=O) groups is 1. The van der Waals surface area contributed by atoms with Gasteiger partial charge in [-0.2, -0.15) is 0 Å². The van der Waals surface area contributed by atoms with Crippen LogP contribution in [0.5, 0.6) is 0 Å². The highest BCUT2D eigenvalue weighted by Crippen LogP contribution is 2.32. The van der Waals surface area contributed by atoms with Gasteiger partial charge in [0.05, 0.1) is 18.1 Å². The topological polar surface area (TPSA) is 32.8 Å². The summed E-state index contributed by atoms with van der Waals surface area (Å²) in [6, 6.07) is 7.88. The molecule has 0 saturated carbocycles. The molecule has 2 saturated heterocycles. The van der Waals surface area contributed by atoms with Crippen LogP contribution in [0.3, 0.4) is 0 Å². The lowest BCUT2D eigenvalue weighted by Gasteiger charge is -2.28. The molecule has 2 aliphatic rings. The molecule has 1 amide bonds. The van der Waals surface area contributed by atoms with Gasteiger partial charge in [-0.3, -0.25) is 14.6 Å². The van der Waals surface area contributed by atoms with Crippen LogP contribution in [0.1, 0.15) is 5.56 Å². The Hall–Kier alpha value is -0.730. The van der Waals surface area contributed by atoms with E-state index in [-0.39, 0.29) is 5.91 Å². The number of carbonyl (C=O) groups excluding carboxylic acids is 1. The van der Waals surface area contributed by atoms with Crippen molar-refractivity contribution in [2.75, 3.05) is 39.4 Å². The molecule has 2 fully saturated rings. The van der Waals surface area contributed by atoms with E-state index in [4.69, 9.17) is 17.0 Å². The van der Waals surface area contributed by atoms with E-state index in [1.807, 2.05) is 30.3 Å². The fourth-order valence-electron chi connectivity index (χ4n) is 2.47. The van der Waals surface area contributed by atoms with Crippen LogP contribution in [0.25, 0.3) is 6.08 Å². The highest BCUT2D eigenvalue weighted by molar-refractivity contribution is 9.10. The van der Waals surface area contributed by atoms with Gasteiger partial charge in [0.25, 0.3) is 5.91 Å². The maximum absolute atomic E-state index is 12.6. The number of rotatable bonds is 4. The van der Waals surface area contributed by atoms with Crippen molar-refractivity contribution in [3.05, 3.63) is 39.2 Å². The Balaban J connectivity index is 1.63. The van der Waals surface area contributed by atoms with Gasteiger partial charge in [0.2, 0.25) is 0 Å². The zero-order chi connectivity index (χ0) is 16.2. The molecule has 1 aromatic carbocycles. The minimum absolute atomic E-state index is 0.0104.